The number of hydrogen-bond donors (Lipinski definition) is 0. The average molecular weight is 2000 g/mol. The highest BCUT2D eigenvalue weighted by Gasteiger charge is 2.20. The number of halogens is 7. The quantitative estimate of drug-likeness (QED) is 0.0455. The van der Waals surface area contributed by atoms with Crippen molar-refractivity contribution in [2.45, 2.75) is 186 Å². The van der Waals surface area contributed by atoms with Crippen molar-refractivity contribution in [1.29, 1.82) is 10.5 Å². The summed E-state index contributed by atoms with van der Waals surface area (Å²) in [5, 5.41) is 25.8. The molecule has 16 aromatic rings. The van der Waals surface area contributed by atoms with E-state index in [-0.39, 0.29) is 94.2 Å². The Hall–Kier alpha value is -16.9. The van der Waals surface area contributed by atoms with E-state index >= 15 is 0 Å². The molecule has 0 aliphatic carbocycles. The third kappa shape index (κ3) is 38.4. The maximum Gasteiger partial charge on any atom is 0.341 e. The summed E-state index contributed by atoms with van der Waals surface area (Å²) in [5.41, 5.74) is 8.94. The van der Waals surface area contributed by atoms with Crippen LogP contribution in [-0.4, -0.2) is 79.2 Å². The van der Waals surface area contributed by atoms with Crippen molar-refractivity contribution >= 4 is 0 Å². The molecule has 10 aromatic carbocycles. The number of nitrogens with zero attached hydrogens (tertiary/aromatic N) is 15. The number of ether oxygens (including phenoxy) is 10. The highest BCUT2D eigenvalue weighted by molar-refractivity contribution is 5.52. The Balaban J connectivity index is 0.000000187. The van der Waals surface area contributed by atoms with E-state index in [4.69, 9.17) is 52.6 Å². The largest absolute Gasteiger partial charge is 0.497 e. The van der Waals surface area contributed by atoms with Gasteiger partial charge in [0.15, 0.2) is 0 Å². The highest BCUT2D eigenvalue weighted by atomic mass is 19.2. The van der Waals surface area contributed by atoms with Gasteiger partial charge in [0.2, 0.25) is 29.4 Å². The molecule has 0 saturated heterocycles. The van der Waals surface area contributed by atoms with Crippen LogP contribution in [0.25, 0.3) is 0 Å². The molecule has 0 radical (unpaired) electrons. The Morgan fingerprint density at radius 3 is 1.20 bits per heavy atom. The zero-order chi connectivity index (χ0) is 107. The second kappa shape index (κ2) is 56.8. The van der Waals surface area contributed by atoms with Gasteiger partial charge >= 0.3 is 12.0 Å². The van der Waals surface area contributed by atoms with Crippen LogP contribution in [0.15, 0.2) is 267 Å². The van der Waals surface area contributed by atoms with Crippen molar-refractivity contribution in [3.05, 3.63) is 387 Å². The van der Waals surface area contributed by atoms with Crippen LogP contribution in [0.5, 0.6) is 105 Å². The number of aryl methyl sites for hydroxylation is 3. The summed E-state index contributed by atoms with van der Waals surface area (Å²) < 4.78 is 146. The number of methoxy groups -OCH3 is 2. The van der Waals surface area contributed by atoms with Crippen LogP contribution in [0.2, 0.25) is 0 Å². The molecule has 25 nitrogen and oxygen atoms in total. The van der Waals surface area contributed by atoms with Crippen LogP contribution in [0, 0.1) is 91.1 Å². The zero-order valence-electron chi connectivity index (χ0n) is 86.0. The molecule has 32 heteroatoms. The topological polar surface area (TPSA) is 307 Å². The lowest BCUT2D eigenvalue weighted by atomic mass is 9.97. The van der Waals surface area contributed by atoms with Crippen molar-refractivity contribution in [1.82, 2.24) is 65.0 Å². The van der Waals surface area contributed by atoms with Crippen LogP contribution < -0.4 is 47.4 Å². The van der Waals surface area contributed by atoms with Gasteiger partial charge in [0.05, 0.1) is 55.1 Å². The smallest absolute Gasteiger partial charge is 0.341 e. The van der Waals surface area contributed by atoms with Gasteiger partial charge in [-0.05, 0) is 190 Å². The number of rotatable bonds is 26. The lowest BCUT2D eigenvalue weighted by Crippen LogP contribution is -2.01. The predicted octanol–water partition coefficient (Wildman–Crippen LogP) is 30.9. The van der Waals surface area contributed by atoms with Crippen LogP contribution in [0.4, 0.5) is 30.7 Å². The van der Waals surface area contributed by atoms with Gasteiger partial charge in [-0.2, -0.15) is 45.5 Å². The van der Waals surface area contributed by atoms with Crippen LogP contribution >= 0.6 is 0 Å². The van der Waals surface area contributed by atoms with Crippen LogP contribution in [-0.2, 0) is 0 Å². The summed E-state index contributed by atoms with van der Waals surface area (Å²) in [6, 6.07) is 68.8. The molecule has 16 rings (SSSR count). The average Bonchev–Trinajstić information content (AvgIpc) is 0.816. The molecule has 0 spiro atoms. The minimum Gasteiger partial charge on any atom is -0.497 e. The Morgan fingerprint density at radius 2 is 0.728 bits per heavy atom. The lowest BCUT2D eigenvalue weighted by molar-refractivity contribution is 0.373. The Morgan fingerprint density at radius 1 is 0.286 bits per heavy atom. The second-order valence-electron chi connectivity index (χ2n) is 35.3. The summed E-state index contributed by atoms with van der Waals surface area (Å²) in [6.07, 6.45) is 6.48. The lowest BCUT2D eigenvalue weighted by Gasteiger charge is -2.14. The highest BCUT2D eigenvalue weighted by Crippen LogP contribution is 2.36. The number of para-hydroxylation sites is 1. The third-order valence-corrected chi connectivity index (χ3v) is 20.3. The fourth-order valence-electron chi connectivity index (χ4n) is 12.5. The van der Waals surface area contributed by atoms with Crippen LogP contribution in [0.3, 0.4) is 0 Å². The Kier molecular flexibility index (Phi) is 43.9. The molecule has 147 heavy (non-hydrogen) atoms. The number of nitriles is 2. The fraction of sp³-hybridized carbons (Fsp3) is 0.261. The molecule has 0 aliphatic rings. The Labute approximate surface area is 853 Å². The van der Waals surface area contributed by atoms with E-state index in [1.807, 2.05) is 182 Å². The van der Waals surface area contributed by atoms with Crippen molar-refractivity contribution in [3.8, 4) is 117 Å². The minimum atomic E-state index is -0.690. The molecule has 0 bridgehead atoms. The van der Waals surface area contributed by atoms with E-state index in [0.717, 1.165) is 92.0 Å². The van der Waals surface area contributed by atoms with Crippen molar-refractivity contribution in [2.24, 2.45) is 0 Å². The molecule has 0 N–H and O–H groups in total. The van der Waals surface area contributed by atoms with Gasteiger partial charge in [-0.25, -0.2) is 50.7 Å². The van der Waals surface area contributed by atoms with Gasteiger partial charge in [0.25, 0.3) is 0 Å². The summed E-state index contributed by atoms with van der Waals surface area (Å²) in [6.45, 7) is 39.8. The first-order chi connectivity index (χ1) is 70.2. The van der Waals surface area contributed by atoms with Crippen LogP contribution in [0.1, 0.15) is 237 Å². The molecular weight excluding hydrogens is 1880 g/mol. The van der Waals surface area contributed by atoms with Gasteiger partial charge in [-0.3, -0.25) is 4.98 Å². The summed E-state index contributed by atoms with van der Waals surface area (Å²) in [7, 11) is 3.16. The summed E-state index contributed by atoms with van der Waals surface area (Å²) in [4.78, 5) is 46.7. The van der Waals surface area contributed by atoms with E-state index in [0.29, 0.717) is 92.5 Å². The van der Waals surface area contributed by atoms with Gasteiger partial charge in [-0.1, -0.05) is 164 Å². The monoisotopic (exact) mass is 2000 g/mol. The molecule has 0 saturated carbocycles. The van der Waals surface area contributed by atoms with Crippen molar-refractivity contribution in [3.63, 3.8) is 0 Å². The third-order valence-electron chi connectivity index (χ3n) is 20.3. The zero-order valence-corrected chi connectivity index (χ0v) is 86.0. The normalized spacial score (nSPS) is 10.6. The second-order valence-corrected chi connectivity index (χ2v) is 35.3. The first-order valence-electron chi connectivity index (χ1n) is 47.1. The molecule has 0 amide bonds. The van der Waals surface area contributed by atoms with E-state index < -0.39 is 11.6 Å². The molecule has 6 heterocycles. The van der Waals surface area contributed by atoms with Gasteiger partial charge in [0.1, 0.15) is 127 Å². The maximum atomic E-state index is 13.2. The fourth-order valence-corrected chi connectivity index (χ4v) is 12.5. The van der Waals surface area contributed by atoms with Crippen molar-refractivity contribution < 1.29 is 78.1 Å². The predicted molar refractivity (Wildman–Crippen MR) is 549 cm³/mol. The number of aromatic nitrogens is 13. The molecular formula is C115H118F7N15O10. The summed E-state index contributed by atoms with van der Waals surface area (Å²) in [5.74, 6) is 8.82. The SMILES string of the molecule is CC(C)c1cc(C#N)cc(Oc2ccccc2)c1.CC(C)c1cnnc(Oc2cccc(F)c2)n1.CC(C)c1nccnc1Oc1cccc(F)c1.COc1cc(C(C)C)nc(Oc2cccc(F)c2)n1.COc1ccc(Oc2cc(C)nc(C(C)C)n2)cc1.Cc1c(C#N)cc(C(C)C)cc1Oc1cccc(F)c1.Cc1cc(Oc2cc(F)cc(F)c2)nc(C(C)C)n1.Cc1cnc(C(C)C)nc1Oc1cccc(F)c1. The molecule has 0 atom stereocenters. The maximum absolute atomic E-state index is 13.2. The molecule has 0 unspecified atom stereocenters. The van der Waals surface area contributed by atoms with Crippen molar-refractivity contribution in [2.75, 3.05) is 14.2 Å². The number of hydrogen-bond acceptors (Lipinski definition) is 25. The van der Waals surface area contributed by atoms with E-state index in [9.17, 15) is 36.0 Å². The number of benzene rings is 10. The van der Waals surface area contributed by atoms with E-state index in [1.165, 1.54) is 67.8 Å². The molecule has 6 aromatic heterocycles. The molecule has 0 aliphatic heterocycles. The standard InChI is InChI=1S/C17H16FNO.C16H15NO.C15H18N2O2.C14H14F2N2O.C14H15FN2O2.C14H15FN2O.C13H13FN2O.C12H12FN3O/c1-11(2)13-7-14(10-19)12(3)17(8-13)20-16-6-4-5-15(18)9-16;1-12(2)14-8-13(11-17)9-16(10-14)18-15-6-4-3-5-7-15;1-10(2)15-16-11(3)9-14(17-15)19-13-7-5-12(18-4)6-8-13;1-8(2)14-17-9(3)4-13(18-14)19-12-6-10(15)5-11(16)7-12;1-9(2)12-8-13(18-3)17-14(16-12)19-11-6-4-5-10(15)7-11;1-9(2)13-16-8-10(3)14(17-13)18-12-6-4-5-11(15)7-12;1-9(2)12-13(16-7-6-15-12)17-11-5-3-4-10(14)8-11;1-8(2)11-7-14-16-12(15-11)17-10-5-3-4-9(13)6-10/h4-9,11H,1-3H3;3-10,12H,1-2H3;5-10H,1-4H3;4-8H,1-3H3;4-9H,1-3H3;4-9H,1-3H3;3-9H,1-2H3;3-8H,1-2H3. The molecule has 762 valence electrons. The summed E-state index contributed by atoms with van der Waals surface area (Å²) >= 11 is 0. The molecule has 0 fully saturated rings. The van der Waals surface area contributed by atoms with Gasteiger partial charge in [-0.15, -0.1) is 0 Å². The first kappa shape index (κ1) is 114. The van der Waals surface area contributed by atoms with E-state index in [1.54, 1.807) is 111 Å². The van der Waals surface area contributed by atoms with Gasteiger partial charge in [0, 0.05) is 132 Å². The first-order valence-corrected chi connectivity index (χ1v) is 47.1. The minimum absolute atomic E-state index is 0.0744. The Bertz CT molecular complexity index is 7020. The van der Waals surface area contributed by atoms with Gasteiger partial charge < -0.3 is 47.4 Å². The van der Waals surface area contributed by atoms with E-state index in [2.05, 4.69) is 119 Å².